The lowest BCUT2D eigenvalue weighted by atomic mass is 10.0. The van der Waals surface area contributed by atoms with Gasteiger partial charge in [-0.1, -0.05) is 30.3 Å². The molecule has 0 bridgehead atoms. The number of hydrogen-bond donors (Lipinski definition) is 0. The predicted molar refractivity (Wildman–Crippen MR) is 79.4 cm³/mol. The lowest BCUT2D eigenvalue weighted by Gasteiger charge is -2.07. The average Bonchev–Trinajstić information content (AvgIpc) is 2.36. The van der Waals surface area contributed by atoms with Crippen molar-refractivity contribution in [2.24, 2.45) is 0 Å². The zero-order valence-corrected chi connectivity index (χ0v) is 13.3. The van der Waals surface area contributed by atoms with Gasteiger partial charge in [0.25, 0.3) is 0 Å². The van der Waals surface area contributed by atoms with E-state index in [1.807, 2.05) is 36.4 Å². The van der Waals surface area contributed by atoms with E-state index in [0.29, 0.717) is 11.1 Å². The zero-order chi connectivity index (χ0) is 12.4. The SMILES string of the molecule is O=C(c1ccccc1)c1ccc(Br)c(Br)c1Br. The molecule has 17 heavy (non-hydrogen) atoms. The van der Waals surface area contributed by atoms with E-state index in [-0.39, 0.29) is 5.78 Å². The molecule has 0 amide bonds. The molecule has 4 heteroatoms. The van der Waals surface area contributed by atoms with E-state index in [0.717, 1.165) is 13.4 Å². The summed E-state index contributed by atoms with van der Waals surface area (Å²) in [6, 6.07) is 12.9. The topological polar surface area (TPSA) is 17.1 Å². The van der Waals surface area contributed by atoms with Crippen LogP contribution in [-0.4, -0.2) is 5.78 Å². The number of halogens is 3. The summed E-state index contributed by atoms with van der Waals surface area (Å²) in [6.07, 6.45) is 0. The van der Waals surface area contributed by atoms with Crippen molar-refractivity contribution in [2.75, 3.05) is 0 Å². The van der Waals surface area contributed by atoms with Gasteiger partial charge < -0.3 is 0 Å². The predicted octanol–water partition coefficient (Wildman–Crippen LogP) is 5.21. The van der Waals surface area contributed by atoms with E-state index >= 15 is 0 Å². The molecule has 86 valence electrons. The number of ketones is 1. The standard InChI is InChI=1S/C13H7Br3O/c14-10-7-6-9(11(15)12(10)16)13(17)8-4-2-1-3-5-8/h1-7H. The Bertz CT molecular complexity index is 564. The Kier molecular flexibility index (Phi) is 4.17. The summed E-state index contributed by atoms with van der Waals surface area (Å²) in [5.74, 6) is 0.00525. The van der Waals surface area contributed by atoms with E-state index in [1.54, 1.807) is 6.07 Å². The maximum atomic E-state index is 12.3. The molecule has 0 spiro atoms. The van der Waals surface area contributed by atoms with Crippen molar-refractivity contribution in [1.29, 1.82) is 0 Å². The number of carbonyl (C=O) groups excluding carboxylic acids is 1. The highest BCUT2D eigenvalue weighted by Crippen LogP contribution is 2.34. The smallest absolute Gasteiger partial charge is 0.194 e. The van der Waals surface area contributed by atoms with Crippen LogP contribution in [0.15, 0.2) is 55.9 Å². The minimum absolute atomic E-state index is 0.00525. The van der Waals surface area contributed by atoms with Crippen LogP contribution in [0.3, 0.4) is 0 Å². The van der Waals surface area contributed by atoms with Crippen molar-refractivity contribution in [2.45, 2.75) is 0 Å². The maximum absolute atomic E-state index is 12.3. The molecular formula is C13H7Br3O. The van der Waals surface area contributed by atoms with Gasteiger partial charge in [0.1, 0.15) is 0 Å². The Labute approximate surface area is 125 Å². The first-order chi connectivity index (χ1) is 8.11. The van der Waals surface area contributed by atoms with Crippen molar-refractivity contribution in [1.82, 2.24) is 0 Å². The molecule has 0 aromatic heterocycles. The first-order valence-electron chi connectivity index (χ1n) is 4.84. The molecule has 0 aliphatic rings. The Balaban J connectivity index is 2.49. The fourth-order valence-electron chi connectivity index (χ4n) is 1.45. The van der Waals surface area contributed by atoms with E-state index < -0.39 is 0 Å². The molecule has 0 heterocycles. The van der Waals surface area contributed by atoms with E-state index in [9.17, 15) is 4.79 Å². The summed E-state index contributed by atoms with van der Waals surface area (Å²) < 4.78 is 2.52. The fraction of sp³-hybridized carbons (Fsp3) is 0. The molecule has 0 saturated carbocycles. The molecule has 0 aliphatic carbocycles. The first kappa shape index (κ1) is 13.0. The summed E-state index contributed by atoms with van der Waals surface area (Å²) in [5.41, 5.74) is 1.33. The quantitative estimate of drug-likeness (QED) is 0.483. The van der Waals surface area contributed by atoms with Crippen molar-refractivity contribution >= 4 is 53.6 Å². The zero-order valence-electron chi connectivity index (χ0n) is 8.58. The van der Waals surface area contributed by atoms with Crippen LogP contribution in [0.2, 0.25) is 0 Å². The van der Waals surface area contributed by atoms with Crippen molar-refractivity contribution < 1.29 is 4.79 Å². The minimum Gasteiger partial charge on any atom is -0.289 e. The highest BCUT2D eigenvalue weighted by atomic mass is 79.9. The molecule has 0 unspecified atom stereocenters. The third-order valence-electron chi connectivity index (χ3n) is 2.32. The van der Waals surface area contributed by atoms with Gasteiger partial charge in [0.2, 0.25) is 0 Å². The van der Waals surface area contributed by atoms with Gasteiger partial charge in [0, 0.05) is 24.5 Å². The third kappa shape index (κ3) is 2.69. The van der Waals surface area contributed by atoms with Gasteiger partial charge in [-0.15, -0.1) is 0 Å². The highest BCUT2D eigenvalue weighted by Gasteiger charge is 2.15. The highest BCUT2D eigenvalue weighted by molar-refractivity contribution is 9.14. The molecule has 2 aromatic rings. The van der Waals surface area contributed by atoms with Crippen LogP contribution >= 0.6 is 47.8 Å². The molecule has 2 aromatic carbocycles. The lowest BCUT2D eigenvalue weighted by molar-refractivity contribution is 0.103. The molecule has 0 saturated heterocycles. The molecular weight excluding hydrogens is 412 g/mol. The Morgan fingerprint density at radius 2 is 1.47 bits per heavy atom. The fourth-order valence-corrected chi connectivity index (χ4v) is 2.91. The van der Waals surface area contributed by atoms with Crippen LogP contribution in [-0.2, 0) is 0 Å². The second kappa shape index (κ2) is 5.46. The van der Waals surface area contributed by atoms with Crippen LogP contribution in [0.25, 0.3) is 0 Å². The van der Waals surface area contributed by atoms with Gasteiger partial charge >= 0.3 is 0 Å². The van der Waals surface area contributed by atoms with Crippen LogP contribution in [0.4, 0.5) is 0 Å². The van der Waals surface area contributed by atoms with Gasteiger partial charge in [0.15, 0.2) is 5.78 Å². The van der Waals surface area contributed by atoms with E-state index in [1.165, 1.54) is 0 Å². The van der Waals surface area contributed by atoms with Gasteiger partial charge in [-0.2, -0.15) is 0 Å². The van der Waals surface area contributed by atoms with Gasteiger partial charge in [0.05, 0.1) is 0 Å². The molecule has 0 radical (unpaired) electrons. The summed E-state index contributed by atoms with van der Waals surface area (Å²) in [5, 5.41) is 0. The molecule has 0 N–H and O–H groups in total. The summed E-state index contributed by atoms with van der Waals surface area (Å²) in [4.78, 5) is 12.3. The summed E-state index contributed by atoms with van der Waals surface area (Å²) in [7, 11) is 0. The normalized spacial score (nSPS) is 10.3. The van der Waals surface area contributed by atoms with Gasteiger partial charge in [-0.05, 0) is 59.9 Å². The Hall–Kier alpha value is -0.450. The molecule has 2 rings (SSSR count). The van der Waals surface area contributed by atoms with E-state index in [2.05, 4.69) is 47.8 Å². The summed E-state index contributed by atoms with van der Waals surface area (Å²) >= 11 is 10.3. The van der Waals surface area contributed by atoms with E-state index in [4.69, 9.17) is 0 Å². The summed E-state index contributed by atoms with van der Waals surface area (Å²) in [6.45, 7) is 0. The molecule has 0 aliphatic heterocycles. The Morgan fingerprint density at radius 3 is 2.12 bits per heavy atom. The van der Waals surface area contributed by atoms with Crippen molar-refractivity contribution in [3.8, 4) is 0 Å². The lowest BCUT2D eigenvalue weighted by Crippen LogP contribution is -2.02. The number of hydrogen-bond acceptors (Lipinski definition) is 1. The van der Waals surface area contributed by atoms with Crippen LogP contribution in [0, 0.1) is 0 Å². The van der Waals surface area contributed by atoms with Crippen LogP contribution in [0.1, 0.15) is 15.9 Å². The Morgan fingerprint density at radius 1 is 0.824 bits per heavy atom. The second-order valence-electron chi connectivity index (χ2n) is 3.42. The molecule has 1 nitrogen and oxygen atoms in total. The van der Waals surface area contributed by atoms with Gasteiger partial charge in [-0.25, -0.2) is 0 Å². The van der Waals surface area contributed by atoms with Crippen molar-refractivity contribution in [3.05, 3.63) is 67.0 Å². The van der Waals surface area contributed by atoms with Crippen molar-refractivity contribution in [3.63, 3.8) is 0 Å². The van der Waals surface area contributed by atoms with Gasteiger partial charge in [-0.3, -0.25) is 4.79 Å². The number of carbonyl (C=O) groups is 1. The molecule has 0 atom stereocenters. The number of rotatable bonds is 2. The third-order valence-corrected chi connectivity index (χ3v) is 5.69. The maximum Gasteiger partial charge on any atom is 0.194 e. The minimum atomic E-state index is 0.00525. The molecule has 0 fully saturated rings. The van der Waals surface area contributed by atoms with Crippen LogP contribution in [0.5, 0.6) is 0 Å². The van der Waals surface area contributed by atoms with Crippen LogP contribution < -0.4 is 0 Å². The largest absolute Gasteiger partial charge is 0.289 e. The average molecular weight is 419 g/mol. The second-order valence-corrected chi connectivity index (χ2v) is 5.86. The first-order valence-corrected chi connectivity index (χ1v) is 7.22. The monoisotopic (exact) mass is 416 g/mol. The number of benzene rings is 2.